The fourth-order valence-corrected chi connectivity index (χ4v) is 3.16. The van der Waals surface area contributed by atoms with Gasteiger partial charge in [-0.1, -0.05) is 0 Å². The Hall–Kier alpha value is -3.01. The average molecular weight is 354 g/mol. The molecule has 0 amide bonds. The maximum Gasteiger partial charge on any atom is 0.271 e. The summed E-state index contributed by atoms with van der Waals surface area (Å²) in [5.74, 6) is -0.126. The number of hydrogen-bond donors (Lipinski definition) is 2. The van der Waals surface area contributed by atoms with Crippen LogP contribution in [0.3, 0.4) is 0 Å². The van der Waals surface area contributed by atoms with Crippen molar-refractivity contribution >= 4 is 21.4 Å². The van der Waals surface area contributed by atoms with Crippen LogP contribution in [0, 0.1) is 10.1 Å². The number of aromatic hydroxyl groups is 1. The summed E-state index contributed by atoms with van der Waals surface area (Å²) in [6.45, 7) is 0. The quantitative estimate of drug-likeness (QED) is 0.462. The molecule has 24 heavy (non-hydrogen) atoms. The first-order valence-corrected chi connectivity index (χ1v) is 7.99. The second kappa shape index (κ2) is 6.62. The van der Waals surface area contributed by atoms with E-state index < -0.39 is 20.7 Å². The zero-order valence-corrected chi connectivity index (χ0v) is 13.5. The predicted molar refractivity (Wildman–Crippen MR) is 85.1 cm³/mol. The lowest BCUT2D eigenvalue weighted by atomic mass is 10.2. The van der Waals surface area contributed by atoms with E-state index >= 15 is 0 Å². The minimum absolute atomic E-state index is 0.0493. The monoisotopic (exact) mass is 354 g/mol. The van der Waals surface area contributed by atoms with Gasteiger partial charge >= 0.3 is 0 Å². The molecule has 128 valence electrons. The van der Waals surface area contributed by atoms with Crippen LogP contribution in [0.1, 0.15) is 0 Å². The van der Waals surface area contributed by atoms with Gasteiger partial charge in [-0.25, -0.2) is 8.42 Å². The van der Waals surface area contributed by atoms with Crippen molar-refractivity contribution < 1.29 is 27.9 Å². The average Bonchev–Trinajstić information content (AvgIpc) is 2.55. The Morgan fingerprint density at radius 3 is 2.42 bits per heavy atom. The molecule has 0 heterocycles. The van der Waals surface area contributed by atoms with E-state index in [1.165, 1.54) is 32.4 Å². The number of phenolic OH excluding ortho intramolecular Hbond substituents is 1. The minimum Gasteiger partial charge on any atom is -0.506 e. The van der Waals surface area contributed by atoms with Gasteiger partial charge in [-0.3, -0.25) is 14.8 Å². The Morgan fingerprint density at radius 1 is 1.12 bits per heavy atom. The lowest BCUT2D eigenvalue weighted by molar-refractivity contribution is -0.384. The van der Waals surface area contributed by atoms with Gasteiger partial charge in [0.2, 0.25) is 0 Å². The molecule has 0 aromatic heterocycles. The summed E-state index contributed by atoms with van der Waals surface area (Å²) >= 11 is 0. The molecule has 0 saturated heterocycles. The van der Waals surface area contributed by atoms with Gasteiger partial charge in [-0.15, -0.1) is 0 Å². The molecule has 9 nitrogen and oxygen atoms in total. The van der Waals surface area contributed by atoms with Gasteiger partial charge in [0.05, 0.1) is 24.8 Å². The molecule has 0 radical (unpaired) electrons. The number of rotatable bonds is 6. The lowest BCUT2D eigenvalue weighted by Crippen LogP contribution is -2.14. The van der Waals surface area contributed by atoms with E-state index in [1.807, 2.05) is 0 Å². The Labute approximate surface area is 137 Å². The first kappa shape index (κ1) is 17.3. The van der Waals surface area contributed by atoms with E-state index in [-0.39, 0.29) is 27.8 Å². The van der Waals surface area contributed by atoms with Gasteiger partial charge in [-0.2, -0.15) is 0 Å². The molecule has 2 N–H and O–H groups in total. The first-order valence-electron chi connectivity index (χ1n) is 6.50. The summed E-state index contributed by atoms with van der Waals surface area (Å²) < 4.78 is 37.2. The SMILES string of the molecule is COc1ccc(OC)c(S(=O)(=O)Nc2cc([N+](=O)[O-])ccc2O)c1. The number of hydrogen-bond acceptors (Lipinski definition) is 7. The molecule has 0 aliphatic heterocycles. The van der Waals surface area contributed by atoms with Crippen molar-refractivity contribution in [2.45, 2.75) is 4.90 Å². The van der Waals surface area contributed by atoms with Crippen molar-refractivity contribution in [2.75, 3.05) is 18.9 Å². The number of phenols is 1. The van der Waals surface area contributed by atoms with Gasteiger partial charge < -0.3 is 14.6 Å². The van der Waals surface area contributed by atoms with Gasteiger partial charge in [0.25, 0.3) is 15.7 Å². The fraction of sp³-hybridized carbons (Fsp3) is 0.143. The number of benzene rings is 2. The summed E-state index contributed by atoms with van der Waals surface area (Å²) in [6, 6.07) is 7.15. The van der Waals surface area contributed by atoms with Crippen molar-refractivity contribution in [3.8, 4) is 17.2 Å². The van der Waals surface area contributed by atoms with Crippen molar-refractivity contribution in [3.63, 3.8) is 0 Å². The third kappa shape index (κ3) is 3.49. The Kier molecular flexibility index (Phi) is 4.79. The van der Waals surface area contributed by atoms with Crippen LogP contribution in [0.15, 0.2) is 41.3 Å². The Bertz CT molecular complexity index is 881. The van der Waals surface area contributed by atoms with Gasteiger partial charge in [-0.05, 0) is 18.2 Å². The molecule has 10 heteroatoms. The molecular formula is C14H14N2O7S. The first-order chi connectivity index (χ1) is 11.3. The molecule has 0 bridgehead atoms. The maximum atomic E-state index is 12.6. The van der Waals surface area contributed by atoms with E-state index in [1.54, 1.807) is 0 Å². The summed E-state index contributed by atoms with van der Waals surface area (Å²) in [4.78, 5) is 9.85. The molecule has 0 fully saturated rings. The third-order valence-corrected chi connectivity index (χ3v) is 4.48. The van der Waals surface area contributed by atoms with E-state index in [2.05, 4.69) is 4.72 Å². The normalized spacial score (nSPS) is 10.9. The Morgan fingerprint density at radius 2 is 1.83 bits per heavy atom. The van der Waals surface area contributed by atoms with Crippen LogP contribution in [0.2, 0.25) is 0 Å². The zero-order valence-electron chi connectivity index (χ0n) is 12.7. The Balaban J connectivity index is 2.49. The van der Waals surface area contributed by atoms with Crippen LogP contribution in [0.4, 0.5) is 11.4 Å². The minimum atomic E-state index is -4.19. The van der Waals surface area contributed by atoms with Crippen molar-refractivity contribution in [1.29, 1.82) is 0 Å². The number of sulfonamides is 1. The van der Waals surface area contributed by atoms with E-state index in [9.17, 15) is 23.6 Å². The molecule has 2 aromatic rings. The highest BCUT2D eigenvalue weighted by Crippen LogP contribution is 2.33. The van der Waals surface area contributed by atoms with Crippen molar-refractivity contribution in [1.82, 2.24) is 0 Å². The van der Waals surface area contributed by atoms with Gasteiger partial charge in [0.15, 0.2) is 0 Å². The van der Waals surface area contributed by atoms with Crippen LogP contribution < -0.4 is 14.2 Å². The molecule has 0 aliphatic carbocycles. The third-order valence-electron chi connectivity index (χ3n) is 3.10. The van der Waals surface area contributed by atoms with Crippen LogP contribution in [-0.4, -0.2) is 32.7 Å². The van der Waals surface area contributed by atoms with Gasteiger partial charge in [0.1, 0.15) is 22.1 Å². The second-order valence-electron chi connectivity index (χ2n) is 4.58. The second-order valence-corrected chi connectivity index (χ2v) is 6.23. The molecule has 0 atom stereocenters. The predicted octanol–water partition coefficient (Wildman–Crippen LogP) is 2.12. The number of nitro groups is 1. The van der Waals surface area contributed by atoms with E-state index in [0.29, 0.717) is 0 Å². The summed E-state index contributed by atoms with van der Waals surface area (Å²) in [5, 5.41) is 20.5. The number of nitrogens with one attached hydrogen (secondary N) is 1. The van der Waals surface area contributed by atoms with Crippen LogP contribution in [0.5, 0.6) is 17.2 Å². The molecule has 2 aromatic carbocycles. The highest BCUT2D eigenvalue weighted by atomic mass is 32.2. The van der Waals surface area contributed by atoms with Crippen LogP contribution >= 0.6 is 0 Å². The molecule has 0 unspecified atom stereocenters. The van der Waals surface area contributed by atoms with E-state index in [4.69, 9.17) is 9.47 Å². The molecule has 0 spiro atoms. The maximum absolute atomic E-state index is 12.6. The zero-order chi connectivity index (χ0) is 17.9. The van der Waals surface area contributed by atoms with Crippen molar-refractivity contribution in [2.24, 2.45) is 0 Å². The largest absolute Gasteiger partial charge is 0.506 e. The highest BCUT2D eigenvalue weighted by molar-refractivity contribution is 7.92. The number of methoxy groups -OCH3 is 2. The highest BCUT2D eigenvalue weighted by Gasteiger charge is 2.23. The summed E-state index contributed by atoms with van der Waals surface area (Å²) in [6.07, 6.45) is 0. The standard InChI is InChI=1S/C14H14N2O7S/c1-22-10-4-6-13(23-2)14(8-10)24(20,21)15-11-7-9(16(18)19)3-5-12(11)17/h3-8,15,17H,1-2H3. The number of nitro benzene ring substituents is 1. The molecule has 0 aliphatic rings. The van der Waals surface area contributed by atoms with E-state index in [0.717, 1.165) is 18.2 Å². The summed E-state index contributed by atoms with van der Waals surface area (Å²) in [7, 11) is -1.52. The molecule has 2 rings (SSSR count). The van der Waals surface area contributed by atoms with Gasteiger partial charge in [0, 0.05) is 18.2 Å². The number of nitrogens with zero attached hydrogens (tertiary/aromatic N) is 1. The number of ether oxygens (including phenoxy) is 2. The fourth-order valence-electron chi connectivity index (χ4n) is 1.91. The topological polar surface area (TPSA) is 128 Å². The lowest BCUT2D eigenvalue weighted by Gasteiger charge is -2.13. The van der Waals surface area contributed by atoms with Crippen molar-refractivity contribution in [3.05, 3.63) is 46.5 Å². The molecular weight excluding hydrogens is 340 g/mol. The molecule has 0 saturated carbocycles. The smallest absolute Gasteiger partial charge is 0.271 e. The number of anilines is 1. The van der Waals surface area contributed by atoms with Crippen LogP contribution in [-0.2, 0) is 10.0 Å². The summed E-state index contributed by atoms with van der Waals surface area (Å²) in [5.41, 5.74) is -0.697. The number of non-ortho nitro benzene ring substituents is 1. The van der Waals surface area contributed by atoms with Crippen LogP contribution in [0.25, 0.3) is 0 Å².